The normalized spacial score (nSPS) is 28.8. The van der Waals surface area contributed by atoms with Crippen LogP contribution < -0.4 is 5.32 Å². The lowest BCUT2D eigenvalue weighted by atomic mass is 9.94. The zero-order valence-electron chi connectivity index (χ0n) is 15.6. The first kappa shape index (κ1) is 19.8. The van der Waals surface area contributed by atoms with Crippen LogP contribution in [0.2, 0.25) is 0 Å². The summed E-state index contributed by atoms with van der Waals surface area (Å²) in [5, 5.41) is 4.94. The molecule has 2 aliphatic rings. The van der Waals surface area contributed by atoms with Crippen molar-refractivity contribution in [2.24, 2.45) is 17.8 Å². The highest BCUT2D eigenvalue weighted by Crippen LogP contribution is 2.27. The number of rotatable bonds is 5. The van der Waals surface area contributed by atoms with Gasteiger partial charge in [-0.25, -0.2) is 0 Å². The van der Waals surface area contributed by atoms with Gasteiger partial charge in [0.1, 0.15) is 0 Å². The Morgan fingerprint density at radius 3 is 2.62 bits per heavy atom. The third-order valence-corrected chi connectivity index (χ3v) is 8.07. The van der Waals surface area contributed by atoms with Gasteiger partial charge < -0.3 is 5.32 Å². The molecule has 3 heterocycles. The number of nitrogens with zero attached hydrogens (tertiary/aromatic N) is 2. The molecule has 1 amide bonds. The second kappa shape index (κ2) is 8.37. The Morgan fingerprint density at radius 2 is 1.96 bits per heavy atom. The summed E-state index contributed by atoms with van der Waals surface area (Å²) in [6.45, 7) is 6.69. The van der Waals surface area contributed by atoms with Crippen LogP contribution in [0.15, 0.2) is 17.5 Å². The Balaban J connectivity index is 1.60. The largest absolute Gasteiger partial charge is 0.351 e. The molecule has 0 aromatic carbocycles. The van der Waals surface area contributed by atoms with Crippen molar-refractivity contribution in [1.82, 2.24) is 13.9 Å². The van der Waals surface area contributed by atoms with Gasteiger partial charge in [-0.15, -0.1) is 11.3 Å². The van der Waals surface area contributed by atoms with Crippen LogP contribution in [-0.2, 0) is 21.5 Å². The molecule has 1 aromatic heterocycles. The molecular formula is C18H29N3O3S2. The molecule has 3 atom stereocenters. The van der Waals surface area contributed by atoms with E-state index in [2.05, 4.69) is 19.2 Å². The lowest BCUT2D eigenvalue weighted by molar-refractivity contribution is -0.126. The van der Waals surface area contributed by atoms with E-state index in [9.17, 15) is 13.2 Å². The molecule has 3 rings (SSSR count). The van der Waals surface area contributed by atoms with Crippen molar-refractivity contribution in [3.63, 3.8) is 0 Å². The van der Waals surface area contributed by atoms with Crippen molar-refractivity contribution in [3.05, 3.63) is 22.4 Å². The van der Waals surface area contributed by atoms with Gasteiger partial charge in [-0.1, -0.05) is 19.9 Å². The van der Waals surface area contributed by atoms with Crippen LogP contribution in [0.4, 0.5) is 0 Å². The molecule has 2 saturated heterocycles. The minimum absolute atomic E-state index is 0.0429. The molecule has 26 heavy (non-hydrogen) atoms. The van der Waals surface area contributed by atoms with E-state index in [0.717, 1.165) is 24.1 Å². The average molecular weight is 400 g/mol. The van der Waals surface area contributed by atoms with Crippen LogP contribution in [0.1, 0.15) is 38.0 Å². The minimum Gasteiger partial charge on any atom is -0.351 e. The number of carbonyl (C=O) groups is 1. The first-order valence-electron chi connectivity index (χ1n) is 9.41. The van der Waals surface area contributed by atoms with Crippen molar-refractivity contribution in [2.45, 2.75) is 39.7 Å². The molecule has 6 nitrogen and oxygen atoms in total. The Morgan fingerprint density at radius 1 is 1.23 bits per heavy atom. The van der Waals surface area contributed by atoms with Gasteiger partial charge in [-0.2, -0.15) is 17.0 Å². The van der Waals surface area contributed by atoms with E-state index in [4.69, 9.17) is 0 Å². The molecule has 0 unspecified atom stereocenters. The maximum Gasteiger partial charge on any atom is 0.282 e. The highest BCUT2D eigenvalue weighted by molar-refractivity contribution is 7.86. The van der Waals surface area contributed by atoms with Gasteiger partial charge in [0, 0.05) is 31.1 Å². The first-order valence-corrected chi connectivity index (χ1v) is 11.7. The van der Waals surface area contributed by atoms with Crippen LogP contribution in [0, 0.1) is 17.8 Å². The Kier molecular flexibility index (Phi) is 6.37. The fraction of sp³-hybridized carbons (Fsp3) is 0.722. The lowest BCUT2D eigenvalue weighted by Crippen LogP contribution is -2.53. The van der Waals surface area contributed by atoms with E-state index in [0.29, 0.717) is 38.0 Å². The molecule has 1 N–H and O–H groups in total. The molecule has 0 bridgehead atoms. The third kappa shape index (κ3) is 4.65. The van der Waals surface area contributed by atoms with Crippen LogP contribution >= 0.6 is 11.3 Å². The van der Waals surface area contributed by atoms with Crippen molar-refractivity contribution in [2.75, 3.05) is 26.2 Å². The van der Waals surface area contributed by atoms with Gasteiger partial charge in [0.05, 0.1) is 12.5 Å². The zero-order chi connectivity index (χ0) is 18.7. The predicted octanol–water partition coefficient (Wildman–Crippen LogP) is 2.30. The summed E-state index contributed by atoms with van der Waals surface area (Å²) in [7, 11) is -3.49. The molecule has 1 aromatic rings. The van der Waals surface area contributed by atoms with Gasteiger partial charge >= 0.3 is 0 Å². The number of thiophene rings is 1. The van der Waals surface area contributed by atoms with Crippen LogP contribution in [0.5, 0.6) is 0 Å². The molecular weight excluding hydrogens is 370 g/mol. The van der Waals surface area contributed by atoms with Gasteiger partial charge in [-0.3, -0.25) is 4.79 Å². The number of nitrogens with one attached hydrogen (secondary N) is 1. The van der Waals surface area contributed by atoms with Crippen LogP contribution in [0.3, 0.4) is 0 Å². The van der Waals surface area contributed by atoms with Crippen LogP contribution in [0.25, 0.3) is 0 Å². The van der Waals surface area contributed by atoms with E-state index in [1.165, 1.54) is 4.31 Å². The first-order chi connectivity index (χ1) is 12.4. The standard InChI is InChI=1S/C18H29N3O3S2/c1-14-9-15(2)12-21(11-14)26(23,24)20-7-3-5-16(13-20)18(22)19-10-17-6-4-8-25-17/h4,6,8,14-16H,3,5,7,9-13H2,1-2H3,(H,19,22)/t14-,15-,16+/m1/s1. The van der Waals surface area contributed by atoms with Gasteiger partial charge in [0.2, 0.25) is 5.91 Å². The van der Waals surface area contributed by atoms with Crippen LogP contribution in [-0.4, -0.2) is 49.1 Å². The fourth-order valence-electron chi connectivity index (χ4n) is 4.06. The van der Waals surface area contributed by atoms with Crippen molar-refractivity contribution < 1.29 is 13.2 Å². The summed E-state index contributed by atoms with van der Waals surface area (Å²) in [6.07, 6.45) is 2.55. The Labute approximate surface area is 160 Å². The highest BCUT2D eigenvalue weighted by Gasteiger charge is 2.38. The van der Waals surface area contributed by atoms with E-state index < -0.39 is 10.2 Å². The van der Waals surface area contributed by atoms with Crippen molar-refractivity contribution in [3.8, 4) is 0 Å². The molecule has 8 heteroatoms. The topological polar surface area (TPSA) is 69.7 Å². The summed E-state index contributed by atoms with van der Waals surface area (Å²) in [5.74, 6) is 0.447. The fourth-order valence-corrected chi connectivity index (χ4v) is 6.64. The number of hydrogen-bond acceptors (Lipinski definition) is 4. The molecule has 0 radical (unpaired) electrons. The van der Waals surface area contributed by atoms with Gasteiger partial charge in [0.25, 0.3) is 10.2 Å². The van der Waals surface area contributed by atoms with E-state index in [-0.39, 0.29) is 18.4 Å². The maximum absolute atomic E-state index is 13.1. The maximum atomic E-state index is 13.1. The SMILES string of the molecule is C[C@@H]1C[C@@H](C)CN(S(=O)(=O)N2CCC[C@H](C(=O)NCc3cccs3)C2)C1. The number of hydrogen-bond donors (Lipinski definition) is 1. The quantitative estimate of drug-likeness (QED) is 0.826. The van der Waals surface area contributed by atoms with Crippen molar-refractivity contribution in [1.29, 1.82) is 0 Å². The predicted molar refractivity (Wildman–Crippen MR) is 104 cm³/mol. The lowest BCUT2D eigenvalue weighted by Gasteiger charge is -2.39. The second-order valence-electron chi connectivity index (χ2n) is 7.77. The Bertz CT molecular complexity index is 695. The summed E-state index contributed by atoms with van der Waals surface area (Å²) in [5.41, 5.74) is 0. The summed E-state index contributed by atoms with van der Waals surface area (Å²) in [4.78, 5) is 13.6. The van der Waals surface area contributed by atoms with Gasteiger partial charge in [0.15, 0.2) is 0 Å². The molecule has 0 saturated carbocycles. The molecule has 2 aliphatic heterocycles. The highest BCUT2D eigenvalue weighted by atomic mass is 32.2. The van der Waals surface area contributed by atoms with Gasteiger partial charge in [-0.05, 0) is 42.5 Å². The monoisotopic (exact) mass is 399 g/mol. The molecule has 146 valence electrons. The number of carbonyl (C=O) groups excluding carboxylic acids is 1. The smallest absolute Gasteiger partial charge is 0.282 e. The van der Waals surface area contributed by atoms with E-state index >= 15 is 0 Å². The van der Waals surface area contributed by atoms with Crippen molar-refractivity contribution >= 4 is 27.5 Å². The van der Waals surface area contributed by atoms with E-state index in [1.807, 2.05) is 17.5 Å². The second-order valence-corrected chi connectivity index (χ2v) is 10.7. The average Bonchev–Trinajstić information content (AvgIpc) is 3.12. The Hall–Kier alpha value is -0.960. The molecule has 2 fully saturated rings. The molecule has 0 spiro atoms. The summed E-state index contributed by atoms with van der Waals surface area (Å²) in [6, 6.07) is 3.95. The minimum atomic E-state index is -3.49. The number of amides is 1. The van der Waals surface area contributed by atoms with E-state index in [1.54, 1.807) is 15.6 Å². The summed E-state index contributed by atoms with van der Waals surface area (Å²) < 4.78 is 29.3. The number of piperidine rings is 2. The zero-order valence-corrected chi connectivity index (χ0v) is 17.2. The summed E-state index contributed by atoms with van der Waals surface area (Å²) >= 11 is 1.61. The third-order valence-electron chi connectivity index (χ3n) is 5.26. The molecule has 0 aliphatic carbocycles.